The van der Waals surface area contributed by atoms with Gasteiger partial charge < -0.3 is 24.6 Å². The van der Waals surface area contributed by atoms with Gasteiger partial charge in [0.1, 0.15) is 5.70 Å². The lowest BCUT2D eigenvalue weighted by atomic mass is 10.1. The normalized spacial score (nSPS) is 14.1. The fourth-order valence-electron chi connectivity index (χ4n) is 3.02. The molecular formula is C19H21N3O4. The van der Waals surface area contributed by atoms with Gasteiger partial charge in [0, 0.05) is 30.3 Å². The zero-order valence-electron chi connectivity index (χ0n) is 14.7. The number of hydrogen-bond donors (Lipinski definition) is 2. The lowest BCUT2D eigenvalue weighted by Crippen LogP contribution is -2.31. The molecule has 1 aliphatic rings. The number of β-amino-alcohol motifs (C(OH)–C–C–N with tert-alkyl or cyclic N) is 1. The van der Waals surface area contributed by atoms with E-state index in [2.05, 4.69) is 5.32 Å². The molecule has 0 aliphatic carbocycles. The number of nitrogens with one attached hydrogen (secondary N) is 1. The fraction of sp³-hybridized carbons (Fsp3) is 0.263. The largest absolute Gasteiger partial charge is 0.466 e. The molecule has 0 saturated heterocycles. The van der Waals surface area contributed by atoms with Crippen molar-refractivity contribution in [3.8, 4) is 5.69 Å². The van der Waals surface area contributed by atoms with Crippen molar-refractivity contribution in [2.24, 2.45) is 0 Å². The summed E-state index contributed by atoms with van der Waals surface area (Å²) in [6.07, 6.45) is 3.88. The number of amides is 1. The van der Waals surface area contributed by atoms with Crippen LogP contribution in [0.15, 0.2) is 54.0 Å². The van der Waals surface area contributed by atoms with Gasteiger partial charge in [-0.3, -0.25) is 4.79 Å². The predicted octanol–water partition coefficient (Wildman–Crippen LogP) is 1.46. The summed E-state index contributed by atoms with van der Waals surface area (Å²) in [6.45, 7) is 2.05. The van der Waals surface area contributed by atoms with Gasteiger partial charge in [-0.2, -0.15) is 0 Å². The van der Waals surface area contributed by atoms with Crippen LogP contribution in [-0.4, -0.2) is 53.3 Å². The van der Waals surface area contributed by atoms with E-state index < -0.39 is 5.97 Å². The van der Waals surface area contributed by atoms with Gasteiger partial charge in [-0.25, -0.2) is 4.79 Å². The summed E-state index contributed by atoms with van der Waals surface area (Å²) >= 11 is 0. The molecule has 1 aliphatic heterocycles. The zero-order chi connectivity index (χ0) is 18.7. The van der Waals surface area contributed by atoms with Crippen LogP contribution < -0.4 is 5.32 Å². The number of aromatic nitrogens is 1. The minimum Gasteiger partial charge on any atom is -0.466 e. The molecule has 0 fully saturated rings. The smallest absolute Gasteiger partial charge is 0.337 e. The Morgan fingerprint density at radius 2 is 2.00 bits per heavy atom. The van der Waals surface area contributed by atoms with Crippen LogP contribution in [0.25, 0.3) is 5.69 Å². The molecule has 1 aromatic heterocycles. The van der Waals surface area contributed by atoms with Crippen LogP contribution in [0, 0.1) is 6.92 Å². The summed E-state index contributed by atoms with van der Waals surface area (Å²) in [4.78, 5) is 26.1. The molecule has 0 radical (unpaired) electrons. The number of aliphatic hydroxyl groups is 1. The quantitative estimate of drug-likeness (QED) is 0.767. The van der Waals surface area contributed by atoms with E-state index in [1.54, 1.807) is 0 Å². The number of aliphatic hydroxyl groups excluding tert-OH is 1. The first-order chi connectivity index (χ1) is 12.6. The molecule has 3 rings (SSSR count). The van der Waals surface area contributed by atoms with Crippen molar-refractivity contribution in [3.63, 3.8) is 0 Å². The van der Waals surface area contributed by atoms with Crippen LogP contribution >= 0.6 is 0 Å². The van der Waals surface area contributed by atoms with E-state index in [0.717, 1.165) is 16.9 Å². The third-order valence-corrected chi connectivity index (χ3v) is 4.40. The lowest BCUT2D eigenvalue weighted by Gasteiger charge is -2.17. The lowest BCUT2D eigenvalue weighted by molar-refractivity contribution is -0.136. The zero-order valence-corrected chi connectivity index (χ0v) is 14.7. The van der Waals surface area contributed by atoms with Crippen molar-refractivity contribution in [2.45, 2.75) is 6.92 Å². The molecule has 7 heteroatoms. The Bertz CT molecular complexity index is 856. The highest BCUT2D eigenvalue weighted by Gasteiger charge is 2.34. The van der Waals surface area contributed by atoms with Crippen molar-refractivity contribution in [1.82, 2.24) is 9.47 Å². The third-order valence-electron chi connectivity index (χ3n) is 4.40. The standard InChI is InChI=1S/C19H21N3O4/c1-13-15(6-5-7-16(13)21-8-3-4-9-21)20-17-14(19(25)26-2)12-22(10-11-23)18(17)24/h3-9,20,23H,10-12H2,1-2H3. The van der Waals surface area contributed by atoms with E-state index in [1.165, 1.54) is 12.0 Å². The topological polar surface area (TPSA) is 83.8 Å². The Labute approximate surface area is 151 Å². The van der Waals surface area contributed by atoms with Crippen molar-refractivity contribution in [2.75, 3.05) is 32.1 Å². The average molecular weight is 355 g/mol. The third kappa shape index (κ3) is 3.21. The molecule has 2 N–H and O–H groups in total. The van der Waals surface area contributed by atoms with Gasteiger partial charge in [-0.05, 0) is 36.8 Å². The van der Waals surface area contributed by atoms with Crippen molar-refractivity contribution in [3.05, 3.63) is 59.6 Å². The highest BCUT2D eigenvalue weighted by atomic mass is 16.5. The molecule has 136 valence electrons. The van der Waals surface area contributed by atoms with E-state index in [4.69, 9.17) is 9.84 Å². The number of hydrogen-bond acceptors (Lipinski definition) is 5. The molecule has 7 nitrogen and oxygen atoms in total. The van der Waals surface area contributed by atoms with Crippen molar-refractivity contribution >= 4 is 17.6 Å². The summed E-state index contributed by atoms with van der Waals surface area (Å²) in [5.74, 6) is -0.884. The maximum absolute atomic E-state index is 12.6. The summed E-state index contributed by atoms with van der Waals surface area (Å²) in [5.41, 5.74) is 3.09. The molecular weight excluding hydrogens is 334 g/mol. The van der Waals surface area contributed by atoms with Gasteiger partial charge in [0.2, 0.25) is 0 Å². The first kappa shape index (κ1) is 17.8. The summed E-state index contributed by atoms with van der Waals surface area (Å²) < 4.78 is 6.78. The van der Waals surface area contributed by atoms with E-state index in [9.17, 15) is 9.59 Å². The van der Waals surface area contributed by atoms with Crippen LogP contribution in [0.5, 0.6) is 0 Å². The number of anilines is 1. The minimum atomic E-state index is -0.555. The van der Waals surface area contributed by atoms with Crippen molar-refractivity contribution < 1.29 is 19.4 Å². The Morgan fingerprint density at radius 1 is 1.27 bits per heavy atom. The second-order valence-electron chi connectivity index (χ2n) is 5.96. The number of methoxy groups -OCH3 is 1. The number of benzene rings is 1. The molecule has 26 heavy (non-hydrogen) atoms. The number of carbonyl (C=O) groups excluding carboxylic acids is 2. The Kier molecular flexibility index (Phi) is 5.09. The van der Waals surface area contributed by atoms with E-state index >= 15 is 0 Å². The minimum absolute atomic E-state index is 0.116. The van der Waals surface area contributed by atoms with Crippen LogP contribution in [0.1, 0.15) is 5.56 Å². The van der Waals surface area contributed by atoms with Crippen LogP contribution in [0.3, 0.4) is 0 Å². The predicted molar refractivity (Wildman–Crippen MR) is 96.8 cm³/mol. The molecule has 1 aromatic carbocycles. The van der Waals surface area contributed by atoms with Gasteiger partial charge in [0.05, 0.1) is 25.8 Å². The summed E-state index contributed by atoms with van der Waals surface area (Å²) in [7, 11) is 1.28. The molecule has 0 unspecified atom stereocenters. The first-order valence-corrected chi connectivity index (χ1v) is 8.28. The molecule has 1 amide bonds. The van der Waals surface area contributed by atoms with Gasteiger partial charge in [0.25, 0.3) is 5.91 Å². The van der Waals surface area contributed by atoms with Gasteiger partial charge >= 0.3 is 5.97 Å². The Balaban J connectivity index is 1.97. The highest BCUT2D eigenvalue weighted by Crippen LogP contribution is 2.27. The molecule has 0 atom stereocenters. The van der Waals surface area contributed by atoms with E-state index in [0.29, 0.717) is 0 Å². The Morgan fingerprint density at radius 3 is 2.65 bits per heavy atom. The summed E-state index contributed by atoms with van der Waals surface area (Å²) in [6, 6.07) is 9.58. The number of rotatable bonds is 6. The van der Waals surface area contributed by atoms with Gasteiger partial charge in [-0.15, -0.1) is 0 Å². The van der Waals surface area contributed by atoms with E-state index in [1.807, 2.05) is 54.2 Å². The number of esters is 1. The monoisotopic (exact) mass is 355 g/mol. The van der Waals surface area contributed by atoms with Crippen LogP contribution in [0.2, 0.25) is 0 Å². The average Bonchev–Trinajstić information content (AvgIpc) is 3.27. The van der Waals surface area contributed by atoms with E-state index in [-0.39, 0.29) is 36.9 Å². The van der Waals surface area contributed by atoms with Crippen LogP contribution in [-0.2, 0) is 14.3 Å². The van der Waals surface area contributed by atoms with Crippen LogP contribution in [0.4, 0.5) is 5.69 Å². The molecule has 2 heterocycles. The van der Waals surface area contributed by atoms with Crippen molar-refractivity contribution in [1.29, 1.82) is 0 Å². The highest BCUT2D eigenvalue weighted by molar-refractivity contribution is 6.08. The molecule has 0 bridgehead atoms. The number of ether oxygens (including phenoxy) is 1. The molecule has 0 saturated carbocycles. The summed E-state index contributed by atoms with van der Waals surface area (Å²) in [5, 5.41) is 12.2. The fourth-order valence-corrected chi connectivity index (χ4v) is 3.02. The first-order valence-electron chi connectivity index (χ1n) is 8.28. The number of carbonyl (C=O) groups is 2. The second-order valence-corrected chi connectivity index (χ2v) is 5.96. The van der Waals surface area contributed by atoms with Gasteiger partial charge in [-0.1, -0.05) is 6.07 Å². The number of nitrogens with zero attached hydrogens (tertiary/aromatic N) is 2. The molecule has 2 aromatic rings. The maximum Gasteiger partial charge on any atom is 0.337 e. The van der Waals surface area contributed by atoms with Gasteiger partial charge in [0.15, 0.2) is 0 Å². The maximum atomic E-state index is 12.6. The SMILES string of the molecule is COC(=O)C1=C(Nc2cccc(-n3cccc3)c2C)C(=O)N(CCO)C1. The second kappa shape index (κ2) is 7.45. The Hall–Kier alpha value is -3.06. The molecule has 0 spiro atoms.